The quantitative estimate of drug-likeness (QED) is 0.221. The zero-order valence-electron chi connectivity index (χ0n) is 21.1. The Balaban J connectivity index is 1.93. The molecular formula is C26H36N4O3S2. The monoisotopic (exact) mass is 516 g/mol. The summed E-state index contributed by atoms with van der Waals surface area (Å²) in [6, 6.07) is 3.75. The molecule has 0 saturated carbocycles. The van der Waals surface area contributed by atoms with E-state index in [9.17, 15) is 9.59 Å². The van der Waals surface area contributed by atoms with E-state index in [-0.39, 0.29) is 11.5 Å². The van der Waals surface area contributed by atoms with Crippen LogP contribution in [0.25, 0.3) is 11.7 Å². The summed E-state index contributed by atoms with van der Waals surface area (Å²) in [5, 5.41) is 3.29. The van der Waals surface area contributed by atoms with Gasteiger partial charge in [-0.25, -0.2) is 4.98 Å². The molecule has 0 aromatic carbocycles. The minimum atomic E-state index is -0.217. The van der Waals surface area contributed by atoms with Crippen LogP contribution in [-0.2, 0) is 9.53 Å². The van der Waals surface area contributed by atoms with Gasteiger partial charge in [-0.05, 0) is 50.3 Å². The van der Waals surface area contributed by atoms with Crippen molar-refractivity contribution in [3.8, 4) is 0 Å². The van der Waals surface area contributed by atoms with Crippen LogP contribution in [0.4, 0.5) is 5.82 Å². The molecule has 1 amide bonds. The van der Waals surface area contributed by atoms with Gasteiger partial charge in [-0.15, -0.1) is 0 Å². The van der Waals surface area contributed by atoms with E-state index in [0.717, 1.165) is 37.7 Å². The maximum atomic E-state index is 13.5. The van der Waals surface area contributed by atoms with Crippen LogP contribution in [0.15, 0.2) is 28.0 Å². The molecule has 3 rings (SSSR count). The highest BCUT2D eigenvalue weighted by atomic mass is 32.2. The molecule has 1 atom stereocenters. The molecule has 7 nitrogen and oxygen atoms in total. The number of hydrogen-bond acceptors (Lipinski definition) is 7. The first kappa shape index (κ1) is 27.4. The Morgan fingerprint density at radius 3 is 2.77 bits per heavy atom. The lowest BCUT2D eigenvalue weighted by atomic mass is 9.99. The molecule has 0 aliphatic carbocycles. The van der Waals surface area contributed by atoms with Gasteiger partial charge in [0, 0.05) is 32.5 Å². The van der Waals surface area contributed by atoms with Crippen LogP contribution in [0.1, 0.15) is 64.0 Å². The van der Waals surface area contributed by atoms with Crippen LogP contribution < -0.4 is 10.9 Å². The zero-order valence-corrected chi connectivity index (χ0v) is 22.8. The Labute approximate surface area is 217 Å². The first-order valence-electron chi connectivity index (χ1n) is 12.5. The van der Waals surface area contributed by atoms with Gasteiger partial charge in [0.1, 0.15) is 15.8 Å². The average molecular weight is 517 g/mol. The number of nitrogens with one attached hydrogen (secondary N) is 1. The Morgan fingerprint density at radius 2 is 2.06 bits per heavy atom. The van der Waals surface area contributed by atoms with Crippen molar-refractivity contribution in [1.82, 2.24) is 14.3 Å². The summed E-state index contributed by atoms with van der Waals surface area (Å²) < 4.78 is 7.50. The van der Waals surface area contributed by atoms with Crippen molar-refractivity contribution in [3.05, 3.63) is 44.7 Å². The molecule has 3 heterocycles. The highest BCUT2D eigenvalue weighted by Gasteiger charge is 2.33. The first-order chi connectivity index (χ1) is 16.9. The van der Waals surface area contributed by atoms with Crippen LogP contribution in [0.3, 0.4) is 0 Å². The minimum Gasteiger partial charge on any atom is -0.382 e. The Hall–Kier alpha value is -2.23. The number of amides is 1. The van der Waals surface area contributed by atoms with Crippen LogP contribution in [0.5, 0.6) is 0 Å². The van der Waals surface area contributed by atoms with Crippen molar-refractivity contribution in [2.75, 3.05) is 31.6 Å². The molecular weight excluding hydrogens is 480 g/mol. The van der Waals surface area contributed by atoms with Crippen molar-refractivity contribution < 1.29 is 9.53 Å². The Bertz CT molecular complexity index is 1150. The summed E-state index contributed by atoms with van der Waals surface area (Å²) >= 11 is 6.82. The summed E-state index contributed by atoms with van der Waals surface area (Å²) in [6.45, 7) is 10.7. The zero-order chi connectivity index (χ0) is 25.4. The molecule has 1 fully saturated rings. The van der Waals surface area contributed by atoms with Crippen LogP contribution in [0, 0.1) is 12.8 Å². The number of carbonyl (C=O) groups excluding carboxylic acids is 1. The summed E-state index contributed by atoms with van der Waals surface area (Å²) in [5.41, 5.74) is 1.64. The molecule has 35 heavy (non-hydrogen) atoms. The lowest BCUT2D eigenvalue weighted by Crippen LogP contribution is -2.33. The normalized spacial score (nSPS) is 16.0. The van der Waals surface area contributed by atoms with Gasteiger partial charge in [0.05, 0.1) is 10.5 Å². The smallest absolute Gasteiger partial charge is 0.267 e. The molecule has 2 aromatic rings. The van der Waals surface area contributed by atoms with Crippen molar-refractivity contribution in [1.29, 1.82) is 0 Å². The molecule has 1 unspecified atom stereocenters. The van der Waals surface area contributed by atoms with Gasteiger partial charge in [-0.1, -0.05) is 63.2 Å². The van der Waals surface area contributed by atoms with E-state index >= 15 is 0 Å². The SMILES string of the molecule is CCCCC(CC)CN1C(=O)/C(=C\c2c(NCCCOCC)nc3c(C)cccn3c2=O)SC1=S. The van der Waals surface area contributed by atoms with Gasteiger partial charge < -0.3 is 10.1 Å². The maximum absolute atomic E-state index is 13.5. The van der Waals surface area contributed by atoms with Gasteiger partial charge >= 0.3 is 0 Å². The van der Waals surface area contributed by atoms with E-state index in [1.165, 1.54) is 16.2 Å². The highest BCUT2D eigenvalue weighted by molar-refractivity contribution is 8.26. The number of anilines is 1. The van der Waals surface area contributed by atoms with Crippen LogP contribution in [-0.4, -0.2) is 50.8 Å². The van der Waals surface area contributed by atoms with Gasteiger partial charge in [-0.2, -0.15) is 0 Å². The van der Waals surface area contributed by atoms with E-state index < -0.39 is 0 Å². The summed E-state index contributed by atoms with van der Waals surface area (Å²) in [7, 11) is 0. The molecule has 9 heteroatoms. The molecule has 1 saturated heterocycles. The largest absolute Gasteiger partial charge is 0.382 e. The molecule has 0 bridgehead atoms. The van der Waals surface area contributed by atoms with Gasteiger partial charge in [-0.3, -0.25) is 18.9 Å². The summed E-state index contributed by atoms with van der Waals surface area (Å²) in [4.78, 5) is 33.7. The second-order valence-corrected chi connectivity index (χ2v) is 10.4. The molecule has 190 valence electrons. The van der Waals surface area contributed by atoms with E-state index in [0.29, 0.717) is 58.5 Å². The predicted molar refractivity (Wildman–Crippen MR) is 149 cm³/mol. The van der Waals surface area contributed by atoms with Crippen molar-refractivity contribution in [3.63, 3.8) is 0 Å². The maximum Gasteiger partial charge on any atom is 0.267 e. The van der Waals surface area contributed by atoms with Crippen molar-refractivity contribution in [2.24, 2.45) is 5.92 Å². The Kier molecular flexibility index (Phi) is 10.3. The number of rotatable bonds is 13. The molecule has 2 aromatic heterocycles. The number of unbranched alkanes of at least 4 members (excludes halogenated alkanes) is 1. The number of aromatic nitrogens is 2. The number of ether oxygens (including phenoxy) is 1. The lowest BCUT2D eigenvalue weighted by Gasteiger charge is -2.21. The fraction of sp³-hybridized carbons (Fsp3) is 0.538. The third-order valence-corrected chi connectivity index (χ3v) is 7.56. The Morgan fingerprint density at radius 1 is 1.26 bits per heavy atom. The molecule has 0 spiro atoms. The summed E-state index contributed by atoms with van der Waals surface area (Å²) in [6.07, 6.45) is 8.49. The second-order valence-electron chi connectivity index (χ2n) is 8.75. The van der Waals surface area contributed by atoms with Gasteiger partial charge in [0.2, 0.25) is 0 Å². The number of aryl methyl sites for hydroxylation is 1. The third-order valence-electron chi connectivity index (χ3n) is 6.18. The molecule has 1 aliphatic rings. The number of carbonyl (C=O) groups is 1. The van der Waals surface area contributed by atoms with Gasteiger partial charge in [0.15, 0.2) is 0 Å². The number of nitrogens with zero attached hydrogens (tertiary/aromatic N) is 3. The van der Waals surface area contributed by atoms with E-state index in [1.807, 2.05) is 26.0 Å². The lowest BCUT2D eigenvalue weighted by molar-refractivity contribution is -0.122. The standard InChI is InChI=1S/C26H36N4O3S2/c1-5-8-12-19(6-2)17-30-25(32)21(35-26(30)34)16-20-22(27-13-10-15-33-7-3)28-23-18(4)11-9-14-29(23)24(20)31/h9,11,14,16,19,27H,5-8,10,12-13,15,17H2,1-4H3/b21-16+. The molecule has 0 radical (unpaired) electrons. The average Bonchev–Trinajstić information content (AvgIpc) is 3.11. The number of thioether (sulfide) groups is 1. The van der Waals surface area contributed by atoms with Crippen molar-refractivity contribution in [2.45, 2.75) is 59.8 Å². The van der Waals surface area contributed by atoms with Crippen molar-refractivity contribution >= 4 is 51.7 Å². The molecule has 1 aliphatic heterocycles. The number of thiocarbonyl (C=S) groups is 1. The van der Waals surface area contributed by atoms with Crippen LogP contribution >= 0.6 is 24.0 Å². The number of hydrogen-bond donors (Lipinski definition) is 1. The summed E-state index contributed by atoms with van der Waals surface area (Å²) in [5.74, 6) is 0.752. The topological polar surface area (TPSA) is 75.9 Å². The number of fused-ring (bicyclic) bond motifs is 1. The number of pyridine rings is 1. The van der Waals surface area contributed by atoms with Gasteiger partial charge in [0.25, 0.3) is 11.5 Å². The van der Waals surface area contributed by atoms with E-state index in [1.54, 1.807) is 17.2 Å². The predicted octanol–water partition coefficient (Wildman–Crippen LogP) is 5.26. The fourth-order valence-corrected chi connectivity index (χ4v) is 5.32. The molecule has 1 N–H and O–H groups in total. The second kappa shape index (κ2) is 13.2. The third kappa shape index (κ3) is 6.71. The minimum absolute atomic E-state index is 0.133. The van der Waals surface area contributed by atoms with Crippen LogP contribution in [0.2, 0.25) is 0 Å². The van der Waals surface area contributed by atoms with E-state index in [2.05, 4.69) is 19.2 Å². The first-order valence-corrected chi connectivity index (χ1v) is 13.7. The van der Waals surface area contributed by atoms with E-state index in [4.69, 9.17) is 21.9 Å². The fourth-order valence-electron chi connectivity index (χ4n) is 4.07. The highest BCUT2D eigenvalue weighted by Crippen LogP contribution is 2.34.